The first-order valence-electron chi connectivity index (χ1n) is 4.65. The van der Waals surface area contributed by atoms with Gasteiger partial charge < -0.3 is 14.9 Å². The van der Waals surface area contributed by atoms with Gasteiger partial charge in [-0.3, -0.25) is 0 Å². The van der Waals surface area contributed by atoms with Gasteiger partial charge in [-0.05, 0) is 6.07 Å². The smallest absolute Gasteiger partial charge is 0.161 e. The zero-order valence-electron chi connectivity index (χ0n) is 8.85. The second-order valence-corrected chi connectivity index (χ2v) is 4.90. The van der Waals surface area contributed by atoms with E-state index in [9.17, 15) is 21.6 Å². The summed E-state index contributed by atoms with van der Waals surface area (Å²) in [5.74, 6) is -4.59. The van der Waals surface area contributed by atoms with Crippen LogP contribution in [-0.2, 0) is 10.0 Å². The summed E-state index contributed by atoms with van der Waals surface area (Å²) >= 11 is 0. The maximum Gasteiger partial charge on any atom is 0.161 e. The van der Waals surface area contributed by atoms with Crippen LogP contribution in [0.15, 0.2) is 17.0 Å². The van der Waals surface area contributed by atoms with E-state index in [4.69, 9.17) is 10.2 Å². The minimum atomic E-state index is -4.63. The molecular formula is C9H9F3NO4S-. The first-order chi connectivity index (χ1) is 8.31. The lowest BCUT2D eigenvalue weighted by molar-refractivity contribution is 0.210. The molecule has 1 rings (SSSR count). The third kappa shape index (κ3) is 3.19. The molecule has 0 saturated heterocycles. The number of halogens is 3. The zero-order chi connectivity index (χ0) is 13.9. The SMILES string of the molecule is O=S(=O)([N-]C(CO)CO)c1cc(F)c(F)cc1F. The van der Waals surface area contributed by atoms with Gasteiger partial charge >= 0.3 is 0 Å². The molecular weight excluding hydrogens is 275 g/mol. The Morgan fingerprint density at radius 3 is 2.06 bits per heavy atom. The molecule has 1 aromatic carbocycles. The fraction of sp³-hybridized carbons (Fsp3) is 0.333. The minimum absolute atomic E-state index is 0.0740. The molecule has 0 radical (unpaired) electrons. The maximum absolute atomic E-state index is 13.2. The first-order valence-corrected chi connectivity index (χ1v) is 6.09. The second kappa shape index (κ2) is 5.65. The van der Waals surface area contributed by atoms with Crippen molar-refractivity contribution >= 4 is 10.0 Å². The van der Waals surface area contributed by atoms with Crippen molar-refractivity contribution in [3.8, 4) is 0 Å². The van der Waals surface area contributed by atoms with E-state index in [1.54, 1.807) is 0 Å². The van der Waals surface area contributed by atoms with Crippen LogP contribution < -0.4 is 0 Å². The Bertz CT molecular complexity index is 531. The van der Waals surface area contributed by atoms with Gasteiger partial charge in [-0.15, -0.1) is 0 Å². The lowest BCUT2D eigenvalue weighted by Gasteiger charge is -2.28. The summed E-state index contributed by atoms with van der Waals surface area (Å²) in [5.41, 5.74) is 0. The van der Waals surface area contributed by atoms with E-state index in [2.05, 4.69) is 4.72 Å². The van der Waals surface area contributed by atoms with Crippen molar-refractivity contribution in [1.82, 2.24) is 0 Å². The van der Waals surface area contributed by atoms with Crippen molar-refractivity contribution in [2.45, 2.75) is 10.9 Å². The highest BCUT2D eigenvalue weighted by atomic mass is 32.2. The Kier molecular flexibility index (Phi) is 4.68. The molecule has 1 aromatic rings. The van der Waals surface area contributed by atoms with E-state index in [0.29, 0.717) is 0 Å². The van der Waals surface area contributed by atoms with E-state index < -0.39 is 51.6 Å². The van der Waals surface area contributed by atoms with E-state index in [1.165, 1.54) is 0 Å². The molecule has 0 aliphatic carbocycles. The fourth-order valence-electron chi connectivity index (χ4n) is 1.08. The Labute approximate surface area is 101 Å². The molecule has 0 amide bonds. The molecule has 0 aliphatic heterocycles. The predicted molar refractivity (Wildman–Crippen MR) is 54.8 cm³/mol. The predicted octanol–water partition coefficient (Wildman–Crippen LogP) is 0.519. The van der Waals surface area contributed by atoms with E-state index in [0.717, 1.165) is 0 Å². The van der Waals surface area contributed by atoms with Crippen LogP contribution in [0.3, 0.4) is 0 Å². The highest BCUT2D eigenvalue weighted by Gasteiger charge is 2.17. The van der Waals surface area contributed by atoms with Crippen LogP contribution in [0.5, 0.6) is 0 Å². The summed E-state index contributed by atoms with van der Waals surface area (Å²) in [6, 6.07) is -1.16. The zero-order valence-corrected chi connectivity index (χ0v) is 9.66. The van der Waals surface area contributed by atoms with Gasteiger partial charge in [0.2, 0.25) is 0 Å². The number of aliphatic hydroxyl groups excluding tert-OH is 2. The molecule has 0 spiro atoms. The van der Waals surface area contributed by atoms with Crippen LogP contribution in [0, 0.1) is 17.5 Å². The number of benzene rings is 1. The summed E-state index contributed by atoms with van der Waals surface area (Å²) in [6.07, 6.45) is 0. The molecule has 0 aromatic heterocycles. The summed E-state index contributed by atoms with van der Waals surface area (Å²) in [4.78, 5) is -1.16. The Hall–Kier alpha value is -1.16. The van der Waals surface area contributed by atoms with Gasteiger partial charge in [0.05, 0.1) is 4.90 Å². The van der Waals surface area contributed by atoms with Gasteiger partial charge in [-0.2, -0.15) is 0 Å². The van der Waals surface area contributed by atoms with Crippen molar-refractivity contribution in [2.24, 2.45) is 0 Å². The van der Waals surface area contributed by atoms with Crippen LogP contribution in [0.4, 0.5) is 13.2 Å². The summed E-state index contributed by atoms with van der Waals surface area (Å²) < 4.78 is 64.7. The van der Waals surface area contributed by atoms with Crippen LogP contribution >= 0.6 is 0 Å². The van der Waals surface area contributed by atoms with Gasteiger partial charge in [-0.1, -0.05) is 6.04 Å². The van der Waals surface area contributed by atoms with E-state index in [-0.39, 0.29) is 12.1 Å². The topological polar surface area (TPSA) is 88.7 Å². The molecule has 0 bridgehead atoms. The molecule has 18 heavy (non-hydrogen) atoms. The molecule has 0 atom stereocenters. The minimum Gasteiger partial charge on any atom is -0.538 e. The lowest BCUT2D eigenvalue weighted by atomic mass is 10.3. The number of sulfonamides is 1. The Morgan fingerprint density at radius 1 is 1.06 bits per heavy atom. The number of hydrogen-bond acceptors (Lipinski definition) is 4. The molecule has 0 saturated carbocycles. The third-order valence-electron chi connectivity index (χ3n) is 1.96. The summed E-state index contributed by atoms with van der Waals surface area (Å²) in [7, 11) is -4.63. The third-order valence-corrected chi connectivity index (χ3v) is 3.41. The van der Waals surface area contributed by atoms with Crippen molar-refractivity contribution in [3.63, 3.8) is 0 Å². The Balaban J connectivity index is 3.16. The van der Waals surface area contributed by atoms with Crippen LogP contribution in [0.25, 0.3) is 4.72 Å². The quantitative estimate of drug-likeness (QED) is 0.771. The monoisotopic (exact) mass is 284 g/mol. The van der Waals surface area contributed by atoms with E-state index in [1.807, 2.05) is 0 Å². The van der Waals surface area contributed by atoms with Crippen LogP contribution in [-0.4, -0.2) is 37.9 Å². The fourth-order valence-corrected chi connectivity index (χ4v) is 2.28. The number of aliphatic hydroxyl groups is 2. The molecule has 2 N–H and O–H groups in total. The van der Waals surface area contributed by atoms with Crippen molar-refractivity contribution < 1.29 is 31.8 Å². The number of rotatable bonds is 5. The highest BCUT2D eigenvalue weighted by Crippen LogP contribution is 2.24. The highest BCUT2D eigenvalue weighted by molar-refractivity contribution is 7.94. The molecule has 102 valence electrons. The summed E-state index contributed by atoms with van der Waals surface area (Å²) in [6.45, 7) is -1.58. The average Bonchev–Trinajstić information content (AvgIpc) is 2.30. The van der Waals surface area contributed by atoms with Gasteiger partial charge in [0.1, 0.15) is 15.8 Å². The van der Waals surface area contributed by atoms with Crippen LogP contribution in [0.1, 0.15) is 0 Å². The van der Waals surface area contributed by atoms with Gasteiger partial charge in [0.15, 0.2) is 11.6 Å². The van der Waals surface area contributed by atoms with Crippen molar-refractivity contribution in [2.75, 3.05) is 13.2 Å². The molecule has 0 fully saturated rings. The number of nitrogens with zero attached hydrogens (tertiary/aromatic N) is 1. The molecule has 9 heteroatoms. The maximum atomic E-state index is 13.2. The molecule has 0 unspecified atom stereocenters. The summed E-state index contributed by atoms with van der Waals surface area (Å²) in [5, 5.41) is 17.3. The lowest BCUT2D eigenvalue weighted by Crippen LogP contribution is -2.21. The molecule has 5 nitrogen and oxygen atoms in total. The second-order valence-electron chi connectivity index (χ2n) is 3.30. The normalized spacial score (nSPS) is 12.1. The van der Waals surface area contributed by atoms with Gasteiger partial charge in [-0.25, -0.2) is 21.6 Å². The first kappa shape index (κ1) is 14.9. The van der Waals surface area contributed by atoms with E-state index >= 15 is 0 Å². The van der Waals surface area contributed by atoms with Gasteiger partial charge in [0.25, 0.3) is 0 Å². The molecule has 0 heterocycles. The largest absolute Gasteiger partial charge is 0.538 e. The van der Waals surface area contributed by atoms with Gasteiger partial charge in [0, 0.05) is 19.3 Å². The number of hydrogen-bond donors (Lipinski definition) is 2. The Morgan fingerprint density at radius 2 is 1.56 bits per heavy atom. The average molecular weight is 284 g/mol. The van der Waals surface area contributed by atoms with Crippen LogP contribution in [0.2, 0.25) is 0 Å². The molecule has 0 aliphatic rings. The van der Waals surface area contributed by atoms with Crippen molar-refractivity contribution in [1.29, 1.82) is 0 Å². The van der Waals surface area contributed by atoms with Crippen molar-refractivity contribution in [3.05, 3.63) is 34.3 Å². The standard InChI is InChI=1S/C9H9F3NO4S/c10-6-1-8(12)9(2-7(6)11)18(16,17)13-5(3-14)4-15/h1-2,5,14-15H,3-4H2/q-1.